The second-order valence-corrected chi connectivity index (χ2v) is 6.37. The summed E-state index contributed by atoms with van der Waals surface area (Å²) in [5.41, 5.74) is 1.92. The van der Waals surface area contributed by atoms with Crippen LogP contribution in [0.15, 0.2) is 23.4 Å². The molecule has 2 N–H and O–H groups in total. The van der Waals surface area contributed by atoms with Gasteiger partial charge in [0.25, 0.3) is 0 Å². The highest BCUT2D eigenvalue weighted by molar-refractivity contribution is 5.69. The van der Waals surface area contributed by atoms with E-state index < -0.39 is 5.60 Å². The van der Waals surface area contributed by atoms with Crippen molar-refractivity contribution in [3.05, 3.63) is 23.4 Å². The Morgan fingerprint density at radius 2 is 2.21 bits per heavy atom. The molecule has 0 aromatic rings. The average Bonchev–Trinajstić information content (AvgIpc) is 2.27. The molecule has 0 radical (unpaired) electrons. The van der Waals surface area contributed by atoms with Crippen molar-refractivity contribution >= 4 is 6.09 Å². The Morgan fingerprint density at radius 1 is 1.47 bits per heavy atom. The van der Waals surface area contributed by atoms with E-state index in [0.717, 1.165) is 19.4 Å². The summed E-state index contributed by atoms with van der Waals surface area (Å²) in [5, 5.41) is 6.38. The lowest BCUT2D eigenvalue weighted by atomic mass is 9.87. The molecule has 4 nitrogen and oxygen atoms in total. The summed E-state index contributed by atoms with van der Waals surface area (Å²) >= 11 is 0. The van der Waals surface area contributed by atoms with Crippen molar-refractivity contribution in [3.8, 4) is 0 Å². The smallest absolute Gasteiger partial charge is 0.408 e. The van der Waals surface area contributed by atoms with Crippen molar-refractivity contribution in [1.29, 1.82) is 0 Å². The van der Waals surface area contributed by atoms with E-state index in [1.165, 1.54) is 11.3 Å². The molecule has 1 heterocycles. The number of allylic oxidation sites excluding steroid dienone is 2. The van der Waals surface area contributed by atoms with Gasteiger partial charge in [-0.15, -0.1) is 0 Å². The van der Waals surface area contributed by atoms with Crippen LogP contribution in [0.4, 0.5) is 4.79 Å². The molecule has 106 valence electrons. The quantitative estimate of drug-likeness (QED) is 0.765. The molecule has 1 saturated heterocycles. The van der Waals surface area contributed by atoms with Crippen LogP contribution in [0.3, 0.4) is 0 Å². The van der Waals surface area contributed by atoms with Gasteiger partial charge in [-0.25, -0.2) is 4.79 Å². The van der Waals surface area contributed by atoms with Gasteiger partial charge in [0.2, 0.25) is 0 Å². The Labute approximate surface area is 115 Å². The van der Waals surface area contributed by atoms with Crippen LogP contribution >= 0.6 is 0 Å². The highest BCUT2D eigenvalue weighted by Crippen LogP contribution is 2.27. The number of fused-ring (bicyclic) bond motifs is 1. The van der Waals surface area contributed by atoms with Crippen molar-refractivity contribution < 1.29 is 9.53 Å². The first-order valence-corrected chi connectivity index (χ1v) is 7.01. The fourth-order valence-electron chi connectivity index (χ4n) is 2.47. The normalized spacial score (nSPS) is 26.5. The summed E-state index contributed by atoms with van der Waals surface area (Å²) in [5.74, 6) is 0.529. The van der Waals surface area contributed by atoms with Gasteiger partial charge in [-0.3, -0.25) is 0 Å². The highest BCUT2D eigenvalue weighted by Gasteiger charge is 2.28. The molecule has 1 aliphatic heterocycles. The third-order valence-corrected chi connectivity index (χ3v) is 3.28. The third kappa shape index (κ3) is 3.75. The topological polar surface area (TPSA) is 50.4 Å². The van der Waals surface area contributed by atoms with Crippen LogP contribution in [-0.2, 0) is 4.74 Å². The van der Waals surface area contributed by atoms with Gasteiger partial charge >= 0.3 is 6.09 Å². The minimum absolute atomic E-state index is 0.0603. The standard InChI is InChI=1S/C15H24N2O2/c1-10-5-6-12-11(9-10)13(7-8-16-12)17-14(18)19-15(2,3)4/h6,9-10,13,16H,5,7-8H2,1-4H3,(H,17,18)/t10-,13?/m1/s1. The van der Waals surface area contributed by atoms with Crippen LogP contribution in [0, 0.1) is 5.92 Å². The number of carbonyl (C=O) groups excluding carboxylic acids is 1. The summed E-state index contributed by atoms with van der Waals surface area (Å²) in [7, 11) is 0. The van der Waals surface area contributed by atoms with Crippen LogP contribution in [0.5, 0.6) is 0 Å². The monoisotopic (exact) mass is 264 g/mol. The highest BCUT2D eigenvalue weighted by atomic mass is 16.6. The third-order valence-electron chi connectivity index (χ3n) is 3.28. The van der Waals surface area contributed by atoms with E-state index in [2.05, 4.69) is 29.7 Å². The molecule has 19 heavy (non-hydrogen) atoms. The number of hydrogen-bond acceptors (Lipinski definition) is 3. The van der Waals surface area contributed by atoms with E-state index in [1.54, 1.807) is 0 Å². The van der Waals surface area contributed by atoms with Gasteiger partial charge in [0.15, 0.2) is 0 Å². The minimum atomic E-state index is -0.454. The second kappa shape index (κ2) is 5.27. The van der Waals surface area contributed by atoms with E-state index in [9.17, 15) is 4.79 Å². The van der Waals surface area contributed by atoms with E-state index in [1.807, 2.05) is 20.8 Å². The average molecular weight is 264 g/mol. The van der Waals surface area contributed by atoms with E-state index in [4.69, 9.17) is 4.74 Å². The Bertz CT molecular complexity index is 418. The van der Waals surface area contributed by atoms with Gasteiger partial charge in [0.1, 0.15) is 5.60 Å². The maximum atomic E-state index is 11.9. The number of piperidine rings is 1. The van der Waals surface area contributed by atoms with Gasteiger partial charge in [0, 0.05) is 12.2 Å². The molecule has 0 aromatic heterocycles. The van der Waals surface area contributed by atoms with E-state index in [0.29, 0.717) is 5.92 Å². The summed E-state index contributed by atoms with van der Waals surface area (Å²) in [4.78, 5) is 11.9. The molecule has 0 spiro atoms. The minimum Gasteiger partial charge on any atom is -0.444 e. The number of ether oxygens (including phenoxy) is 1. The van der Waals surface area contributed by atoms with Crippen molar-refractivity contribution in [2.24, 2.45) is 5.92 Å². The molecule has 1 amide bonds. The number of amides is 1. The van der Waals surface area contributed by atoms with Gasteiger partial charge in [-0.1, -0.05) is 19.1 Å². The van der Waals surface area contributed by atoms with Gasteiger partial charge in [0.05, 0.1) is 6.04 Å². The molecule has 1 fully saturated rings. The Hall–Kier alpha value is -1.45. The zero-order chi connectivity index (χ0) is 14.0. The van der Waals surface area contributed by atoms with Crippen LogP contribution in [-0.4, -0.2) is 24.3 Å². The van der Waals surface area contributed by atoms with Gasteiger partial charge in [-0.05, 0) is 45.1 Å². The fourth-order valence-corrected chi connectivity index (χ4v) is 2.47. The Balaban J connectivity index is 2.03. The number of rotatable bonds is 1. The summed E-state index contributed by atoms with van der Waals surface area (Å²) < 4.78 is 5.33. The molecule has 0 bridgehead atoms. The number of nitrogens with one attached hydrogen (secondary N) is 2. The number of alkyl carbamates (subject to hydrolysis) is 1. The van der Waals surface area contributed by atoms with Crippen molar-refractivity contribution in [3.63, 3.8) is 0 Å². The SMILES string of the molecule is C[C@H]1C=C2C(=CC1)NCCC2NC(=O)OC(C)(C)C. The van der Waals surface area contributed by atoms with Gasteiger partial charge in [-0.2, -0.15) is 0 Å². The first kappa shape index (κ1) is 14.0. The Kier molecular flexibility index (Phi) is 3.88. The maximum absolute atomic E-state index is 11.9. The zero-order valence-electron chi connectivity index (χ0n) is 12.2. The maximum Gasteiger partial charge on any atom is 0.408 e. The lowest BCUT2D eigenvalue weighted by Crippen LogP contribution is -2.46. The van der Waals surface area contributed by atoms with Crippen molar-refractivity contribution in [2.45, 2.75) is 52.2 Å². The lowest BCUT2D eigenvalue weighted by Gasteiger charge is -2.33. The molecule has 2 atom stereocenters. The van der Waals surface area contributed by atoms with Crippen LogP contribution in [0.1, 0.15) is 40.5 Å². The van der Waals surface area contributed by atoms with Crippen molar-refractivity contribution in [2.75, 3.05) is 6.54 Å². The summed E-state index contributed by atoms with van der Waals surface area (Å²) in [6.07, 6.45) is 6.10. The van der Waals surface area contributed by atoms with E-state index >= 15 is 0 Å². The molecule has 1 unspecified atom stereocenters. The number of carbonyl (C=O) groups is 1. The predicted molar refractivity (Wildman–Crippen MR) is 75.7 cm³/mol. The molecule has 0 saturated carbocycles. The Morgan fingerprint density at radius 3 is 2.89 bits per heavy atom. The largest absolute Gasteiger partial charge is 0.444 e. The first-order valence-electron chi connectivity index (χ1n) is 7.01. The molecule has 4 heteroatoms. The lowest BCUT2D eigenvalue weighted by molar-refractivity contribution is 0.0508. The fraction of sp³-hybridized carbons (Fsp3) is 0.667. The first-order chi connectivity index (χ1) is 8.85. The molecule has 0 aromatic carbocycles. The predicted octanol–water partition coefficient (Wildman–Crippen LogP) is 2.72. The summed E-state index contributed by atoms with van der Waals surface area (Å²) in [6, 6.07) is 0.0603. The second-order valence-electron chi connectivity index (χ2n) is 6.37. The molecular weight excluding hydrogens is 240 g/mol. The van der Waals surface area contributed by atoms with Crippen LogP contribution in [0.25, 0.3) is 0 Å². The molecule has 1 aliphatic carbocycles. The summed E-state index contributed by atoms with van der Waals surface area (Å²) in [6.45, 7) is 8.71. The van der Waals surface area contributed by atoms with E-state index in [-0.39, 0.29) is 12.1 Å². The molecular formula is C15H24N2O2. The molecule has 2 aliphatic rings. The van der Waals surface area contributed by atoms with Gasteiger partial charge < -0.3 is 15.4 Å². The van der Waals surface area contributed by atoms with Crippen molar-refractivity contribution in [1.82, 2.24) is 10.6 Å². The van der Waals surface area contributed by atoms with Crippen LogP contribution in [0.2, 0.25) is 0 Å². The van der Waals surface area contributed by atoms with Crippen LogP contribution < -0.4 is 10.6 Å². The molecule has 2 rings (SSSR count). The number of hydrogen-bond donors (Lipinski definition) is 2. The zero-order valence-corrected chi connectivity index (χ0v) is 12.2.